The molecule has 0 aliphatic carbocycles. The minimum atomic E-state index is -1.19. The van der Waals surface area contributed by atoms with Gasteiger partial charge in [0.05, 0.1) is 4.91 Å². The highest BCUT2D eigenvalue weighted by atomic mass is 35.5. The first-order chi connectivity index (χ1) is 15.9. The first kappa shape index (κ1) is 23.0. The summed E-state index contributed by atoms with van der Waals surface area (Å²) in [6.45, 7) is 0.331. The smallest absolute Gasteiger partial charge is 0.331 e. The Morgan fingerprint density at radius 3 is 2.42 bits per heavy atom. The minimum Gasteiger partial charge on any atom is -0.488 e. The van der Waals surface area contributed by atoms with E-state index >= 15 is 0 Å². The fourth-order valence-electron chi connectivity index (χ4n) is 3.35. The number of aliphatic carboxylic acids is 1. The molecule has 1 N–H and O–H groups in total. The molecule has 1 amide bonds. The highest BCUT2D eigenvalue weighted by Crippen LogP contribution is 2.39. The summed E-state index contributed by atoms with van der Waals surface area (Å²) < 4.78 is 6.16. The van der Waals surface area contributed by atoms with Crippen LogP contribution in [0.1, 0.15) is 22.7 Å². The van der Waals surface area contributed by atoms with Crippen LogP contribution in [0, 0.1) is 0 Å². The van der Waals surface area contributed by atoms with Gasteiger partial charge >= 0.3 is 5.97 Å². The van der Waals surface area contributed by atoms with Crippen LogP contribution in [0.2, 0.25) is 5.02 Å². The van der Waals surface area contributed by atoms with Gasteiger partial charge in [0.2, 0.25) is 0 Å². The standard InChI is InChI=1S/C25H18ClNO4S2/c26-19-12-10-16(11-13-19)15-31-20-9-5-4-8-18(20)14-21-23(28)27(25(32)33-21)22(24(29)30)17-6-2-1-3-7-17/h1-14,22H,15H2,(H,29,30)/b21-14+. The van der Waals surface area contributed by atoms with Crippen LogP contribution in [0.25, 0.3) is 6.08 Å². The number of para-hydroxylation sites is 1. The summed E-state index contributed by atoms with van der Waals surface area (Å²) in [4.78, 5) is 26.7. The summed E-state index contributed by atoms with van der Waals surface area (Å²) in [5.41, 5.74) is 2.13. The zero-order valence-corrected chi connectivity index (χ0v) is 19.6. The predicted octanol–water partition coefficient (Wildman–Crippen LogP) is 5.95. The summed E-state index contributed by atoms with van der Waals surface area (Å²) in [5.74, 6) is -1.00. The Morgan fingerprint density at radius 1 is 1.06 bits per heavy atom. The van der Waals surface area contributed by atoms with E-state index in [-0.39, 0.29) is 4.32 Å². The molecule has 0 radical (unpaired) electrons. The largest absolute Gasteiger partial charge is 0.488 e. The van der Waals surface area contributed by atoms with E-state index in [1.54, 1.807) is 48.5 Å². The van der Waals surface area contributed by atoms with Crippen LogP contribution in [0.5, 0.6) is 5.75 Å². The lowest BCUT2D eigenvalue weighted by Crippen LogP contribution is -2.37. The number of thiocarbonyl (C=S) groups is 1. The van der Waals surface area contributed by atoms with Crippen LogP contribution in [0.4, 0.5) is 0 Å². The Labute approximate surface area is 205 Å². The van der Waals surface area contributed by atoms with Gasteiger partial charge in [0.1, 0.15) is 16.7 Å². The average Bonchev–Trinajstić information content (AvgIpc) is 3.08. The number of ether oxygens (including phenoxy) is 1. The molecule has 0 bridgehead atoms. The molecule has 33 heavy (non-hydrogen) atoms. The number of halogens is 1. The minimum absolute atomic E-state index is 0.196. The van der Waals surface area contributed by atoms with Gasteiger partial charge in [-0.2, -0.15) is 0 Å². The van der Waals surface area contributed by atoms with E-state index in [0.717, 1.165) is 22.2 Å². The normalized spacial score (nSPS) is 15.7. The average molecular weight is 496 g/mol. The van der Waals surface area contributed by atoms with Gasteiger partial charge in [-0.15, -0.1) is 0 Å². The number of amides is 1. The number of carbonyl (C=O) groups is 2. The molecule has 1 heterocycles. The number of rotatable bonds is 7. The zero-order valence-electron chi connectivity index (χ0n) is 17.2. The first-order valence-electron chi connectivity index (χ1n) is 9.95. The highest BCUT2D eigenvalue weighted by Gasteiger charge is 2.41. The molecule has 4 rings (SSSR count). The number of benzene rings is 3. The molecular weight excluding hydrogens is 478 g/mol. The Balaban J connectivity index is 1.59. The second-order valence-electron chi connectivity index (χ2n) is 7.16. The van der Waals surface area contributed by atoms with E-state index in [0.29, 0.717) is 33.4 Å². The molecule has 1 saturated heterocycles. The second kappa shape index (κ2) is 10.2. The number of nitrogens with zero attached hydrogens (tertiary/aromatic N) is 1. The predicted molar refractivity (Wildman–Crippen MR) is 134 cm³/mol. The molecule has 166 valence electrons. The maximum Gasteiger partial charge on any atom is 0.331 e. The lowest BCUT2D eigenvalue weighted by molar-refractivity contribution is -0.145. The summed E-state index contributed by atoms with van der Waals surface area (Å²) in [7, 11) is 0. The van der Waals surface area contributed by atoms with E-state index in [4.69, 9.17) is 28.6 Å². The monoisotopic (exact) mass is 495 g/mol. The highest BCUT2D eigenvalue weighted by molar-refractivity contribution is 8.26. The van der Waals surface area contributed by atoms with Crippen LogP contribution in [-0.2, 0) is 16.2 Å². The fraction of sp³-hybridized carbons (Fsp3) is 0.0800. The topological polar surface area (TPSA) is 66.8 Å². The molecule has 0 spiro atoms. The molecule has 3 aromatic rings. The third-order valence-electron chi connectivity index (χ3n) is 4.94. The number of carboxylic acid groups (broad SMARTS) is 1. The van der Waals surface area contributed by atoms with E-state index in [9.17, 15) is 14.7 Å². The van der Waals surface area contributed by atoms with Crippen LogP contribution >= 0.6 is 35.6 Å². The molecule has 5 nitrogen and oxygen atoms in total. The molecule has 1 aliphatic heterocycles. The molecule has 1 aliphatic rings. The molecule has 1 atom stereocenters. The molecular formula is C25H18ClNO4S2. The van der Waals surface area contributed by atoms with Crippen molar-refractivity contribution < 1.29 is 19.4 Å². The Morgan fingerprint density at radius 2 is 1.73 bits per heavy atom. The van der Waals surface area contributed by atoms with Crippen molar-refractivity contribution in [2.75, 3.05) is 0 Å². The summed E-state index contributed by atoms with van der Waals surface area (Å²) in [6.07, 6.45) is 1.68. The van der Waals surface area contributed by atoms with Gasteiger partial charge in [-0.25, -0.2) is 4.79 Å². The maximum atomic E-state index is 13.2. The molecule has 3 aromatic carbocycles. The fourth-order valence-corrected chi connectivity index (χ4v) is 4.78. The second-order valence-corrected chi connectivity index (χ2v) is 9.27. The van der Waals surface area contributed by atoms with Crippen molar-refractivity contribution >= 4 is 57.9 Å². The lowest BCUT2D eigenvalue weighted by atomic mass is 10.1. The molecule has 8 heteroatoms. The van der Waals surface area contributed by atoms with Gasteiger partial charge in [-0.3, -0.25) is 9.69 Å². The third-order valence-corrected chi connectivity index (χ3v) is 6.53. The van der Waals surface area contributed by atoms with E-state index in [2.05, 4.69) is 0 Å². The Bertz CT molecular complexity index is 1230. The quantitative estimate of drug-likeness (QED) is 0.323. The van der Waals surface area contributed by atoms with Crippen molar-refractivity contribution in [3.63, 3.8) is 0 Å². The molecule has 1 unspecified atom stereocenters. The maximum absolute atomic E-state index is 13.2. The van der Waals surface area contributed by atoms with Gasteiger partial charge in [0.15, 0.2) is 6.04 Å². The van der Waals surface area contributed by atoms with E-state index < -0.39 is 17.9 Å². The van der Waals surface area contributed by atoms with Gasteiger partial charge < -0.3 is 9.84 Å². The van der Waals surface area contributed by atoms with Crippen molar-refractivity contribution in [3.8, 4) is 5.75 Å². The van der Waals surface area contributed by atoms with Crippen molar-refractivity contribution in [1.29, 1.82) is 0 Å². The van der Waals surface area contributed by atoms with E-state index in [1.807, 2.05) is 36.4 Å². The van der Waals surface area contributed by atoms with E-state index in [1.165, 1.54) is 0 Å². The zero-order chi connectivity index (χ0) is 23.4. The van der Waals surface area contributed by atoms with Crippen LogP contribution in [0.3, 0.4) is 0 Å². The number of thioether (sulfide) groups is 1. The van der Waals surface area contributed by atoms with Gasteiger partial charge in [0, 0.05) is 10.6 Å². The number of carboxylic acids is 1. The summed E-state index contributed by atoms with van der Waals surface area (Å²) in [6, 6.07) is 22.1. The van der Waals surface area contributed by atoms with Crippen molar-refractivity contribution in [1.82, 2.24) is 4.90 Å². The molecule has 0 aromatic heterocycles. The Kier molecular flexibility index (Phi) is 7.13. The van der Waals surface area contributed by atoms with Crippen molar-refractivity contribution in [2.45, 2.75) is 12.6 Å². The molecule has 1 fully saturated rings. The summed E-state index contributed by atoms with van der Waals surface area (Å²) >= 11 is 12.4. The van der Waals surface area contributed by atoms with Gasteiger partial charge in [-0.1, -0.05) is 96.2 Å². The SMILES string of the molecule is O=C(O)C(c1ccccc1)N1C(=O)/C(=C\c2ccccc2OCc2ccc(Cl)cc2)SC1=S. The number of carbonyl (C=O) groups excluding carboxylic acids is 1. The van der Waals surface area contributed by atoms with Crippen molar-refractivity contribution in [3.05, 3.63) is 105 Å². The first-order valence-corrected chi connectivity index (χ1v) is 11.6. The number of hydrogen-bond donors (Lipinski definition) is 1. The third kappa shape index (κ3) is 5.27. The van der Waals surface area contributed by atoms with Crippen molar-refractivity contribution in [2.24, 2.45) is 0 Å². The lowest BCUT2D eigenvalue weighted by Gasteiger charge is -2.23. The Hall–Kier alpha value is -3.13. The van der Waals surface area contributed by atoms with Crippen LogP contribution in [0.15, 0.2) is 83.8 Å². The van der Waals surface area contributed by atoms with Gasteiger partial charge in [-0.05, 0) is 35.4 Å². The summed E-state index contributed by atoms with van der Waals surface area (Å²) in [5, 5.41) is 10.5. The number of hydrogen-bond acceptors (Lipinski definition) is 5. The van der Waals surface area contributed by atoms with Gasteiger partial charge in [0.25, 0.3) is 5.91 Å². The van der Waals surface area contributed by atoms with Crippen LogP contribution in [-0.4, -0.2) is 26.2 Å². The van der Waals surface area contributed by atoms with Crippen LogP contribution < -0.4 is 4.74 Å². The molecule has 0 saturated carbocycles.